The van der Waals surface area contributed by atoms with Crippen LogP contribution in [0.5, 0.6) is 11.5 Å². The van der Waals surface area contributed by atoms with Crippen molar-refractivity contribution in [1.82, 2.24) is 5.43 Å². The number of methoxy groups -OCH3 is 1. The van der Waals surface area contributed by atoms with Gasteiger partial charge >= 0.3 is 5.97 Å². The lowest BCUT2D eigenvalue weighted by Crippen LogP contribution is -2.18. The number of rotatable bonds is 7. The number of nitrogens with one attached hydrogen (secondary N) is 1. The van der Waals surface area contributed by atoms with E-state index in [9.17, 15) is 19.7 Å². The molecule has 0 aliphatic heterocycles. The number of para-hydroxylation sites is 1. The van der Waals surface area contributed by atoms with Gasteiger partial charge < -0.3 is 9.47 Å². The summed E-state index contributed by atoms with van der Waals surface area (Å²) in [7, 11) is 1.48. The molecule has 0 spiro atoms. The average molecular weight is 498 g/mol. The maximum atomic E-state index is 12.3. The van der Waals surface area contributed by atoms with Gasteiger partial charge in [-0.2, -0.15) is 5.10 Å². The lowest BCUT2D eigenvalue weighted by Gasteiger charge is -2.07. The Morgan fingerprint density at radius 1 is 1.06 bits per heavy atom. The molecule has 162 valence electrons. The first-order valence-corrected chi connectivity index (χ1v) is 9.91. The van der Waals surface area contributed by atoms with E-state index in [1.807, 2.05) is 0 Å². The maximum absolute atomic E-state index is 12.3. The molecule has 0 aliphatic rings. The van der Waals surface area contributed by atoms with Gasteiger partial charge in [-0.05, 0) is 64.0 Å². The van der Waals surface area contributed by atoms with Crippen LogP contribution in [0.3, 0.4) is 0 Å². The Morgan fingerprint density at radius 2 is 1.78 bits per heavy atom. The molecule has 0 aliphatic carbocycles. The van der Waals surface area contributed by atoms with E-state index in [4.69, 9.17) is 9.47 Å². The normalized spacial score (nSPS) is 10.6. The minimum atomic E-state index is -0.661. The fourth-order valence-electron chi connectivity index (χ4n) is 2.62. The Kier molecular flexibility index (Phi) is 7.29. The number of hydrogen-bond donors (Lipinski definition) is 1. The maximum Gasteiger partial charge on any atom is 0.343 e. The number of carbonyl (C=O) groups excluding carboxylic acids is 2. The third-order valence-electron chi connectivity index (χ3n) is 4.20. The molecule has 0 bridgehead atoms. The van der Waals surface area contributed by atoms with Crippen molar-refractivity contribution in [3.63, 3.8) is 0 Å². The van der Waals surface area contributed by atoms with Gasteiger partial charge in [-0.1, -0.05) is 12.1 Å². The number of non-ortho nitro benzene ring substituents is 1. The number of ether oxygens (including phenoxy) is 2. The number of benzene rings is 3. The van der Waals surface area contributed by atoms with Crippen LogP contribution in [0.2, 0.25) is 0 Å². The largest absolute Gasteiger partial charge is 0.496 e. The SMILES string of the molecule is COc1ccccc1C(=O)N/N=C/c1ccc(OC(=O)c2ccc([N+](=O)[O-])cc2)c(Br)c1. The van der Waals surface area contributed by atoms with Crippen molar-refractivity contribution in [2.24, 2.45) is 5.10 Å². The molecule has 1 amide bonds. The lowest BCUT2D eigenvalue weighted by molar-refractivity contribution is -0.384. The first-order valence-electron chi connectivity index (χ1n) is 9.11. The highest BCUT2D eigenvalue weighted by Gasteiger charge is 2.14. The molecule has 9 nitrogen and oxygen atoms in total. The highest BCUT2D eigenvalue weighted by molar-refractivity contribution is 9.10. The number of hydrogen-bond acceptors (Lipinski definition) is 7. The zero-order valence-corrected chi connectivity index (χ0v) is 18.2. The van der Waals surface area contributed by atoms with E-state index >= 15 is 0 Å². The van der Waals surface area contributed by atoms with E-state index in [1.165, 1.54) is 37.6 Å². The van der Waals surface area contributed by atoms with Gasteiger partial charge in [0.15, 0.2) is 0 Å². The molecule has 0 aromatic heterocycles. The minimum Gasteiger partial charge on any atom is -0.496 e. The number of nitro groups is 1. The Labute approximate surface area is 190 Å². The zero-order valence-electron chi connectivity index (χ0n) is 16.7. The number of amides is 1. The molecule has 3 aromatic rings. The monoisotopic (exact) mass is 497 g/mol. The van der Waals surface area contributed by atoms with Gasteiger partial charge in [0.05, 0.1) is 33.8 Å². The molecular weight excluding hydrogens is 482 g/mol. The van der Waals surface area contributed by atoms with Crippen LogP contribution in [0.15, 0.2) is 76.3 Å². The van der Waals surface area contributed by atoms with Crippen LogP contribution in [-0.2, 0) is 0 Å². The highest BCUT2D eigenvalue weighted by Crippen LogP contribution is 2.26. The molecule has 3 aromatic carbocycles. The van der Waals surface area contributed by atoms with E-state index < -0.39 is 16.8 Å². The van der Waals surface area contributed by atoms with E-state index in [1.54, 1.807) is 42.5 Å². The van der Waals surface area contributed by atoms with Crippen LogP contribution in [0.1, 0.15) is 26.3 Å². The van der Waals surface area contributed by atoms with Crippen LogP contribution in [0.25, 0.3) is 0 Å². The Balaban J connectivity index is 1.63. The quantitative estimate of drug-likeness (QED) is 0.170. The summed E-state index contributed by atoms with van der Waals surface area (Å²) < 4.78 is 11.0. The number of halogens is 1. The molecule has 10 heteroatoms. The Morgan fingerprint density at radius 3 is 2.44 bits per heavy atom. The number of carbonyl (C=O) groups is 2. The smallest absolute Gasteiger partial charge is 0.343 e. The van der Waals surface area contributed by atoms with Crippen LogP contribution >= 0.6 is 15.9 Å². The van der Waals surface area contributed by atoms with Gasteiger partial charge in [0.2, 0.25) is 0 Å². The predicted octanol–water partition coefficient (Wildman–Crippen LogP) is 4.35. The molecule has 0 unspecified atom stereocenters. The molecule has 3 rings (SSSR count). The molecule has 0 heterocycles. The molecule has 0 radical (unpaired) electrons. The second kappa shape index (κ2) is 10.3. The number of hydrazone groups is 1. The molecule has 1 N–H and O–H groups in total. The second-order valence-electron chi connectivity index (χ2n) is 6.28. The molecular formula is C22H16BrN3O6. The van der Waals surface area contributed by atoms with Gasteiger partial charge in [-0.25, -0.2) is 10.2 Å². The molecule has 0 saturated carbocycles. The standard InChI is InChI=1S/C22H16BrN3O6/c1-31-19-5-3-2-4-17(19)21(27)25-24-13-14-6-11-20(18(23)12-14)32-22(28)15-7-9-16(10-8-15)26(29)30/h2-13H,1H3,(H,25,27)/b24-13+. The van der Waals surface area contributed by atoms with Crippen molar-refractivity contribution >= 4 is 39.7 Å². The summed E-state index contributed by atoms with van der Waals surface area (Å²) in [6.45, 7) is 0. The first-order chi connectivity index (χ1) is 15.4. The van der Waals surface area contributed by atoms with Crippen LogP contribution in [0, 0.1) is 10.1 Å². The van der Waals surface area contributed by atoms with Crippen molar-refractivity contribution in [3.8, 4) is 11.5 Å². The van der Waals surface area contributed by atoms with Gasteiger partial charge in [0, 0.05) is 12.1 Å². The van der Waals surface area contributed by atoms with Crippen LogP contribution in [0.4, 0.5) is 5.69 Å². The topological polar surface area (TPSA) is 120 Å². The summed E-state index contributed by atoms with van der Waals surface area (Å²) >= 11 is 3.32. The Hall–Kier alpha value is -4.05. The summed E-state index contributed by atoms with van der Waals surface area (Å²) in [5, 5.41) is 14.6. The lowest BCUT2D eigenvalue weighted by atomic mass is 10.2. The molecule has 0 atom stereocenters. The molecule has 0 fully saturated rings. The first kappa shape index (κ1) is 22.6. The fourth-order valence-corrected chi connectivity index (χ4v) is 3.09. The minimum absolute atomic E-state index is 0.121. The number of nitro benzene ring substituents is 1. The van der Waals surface area contributed by atoms with Crippen molar-refractivity contribution < 1.29 is 24.0 Å². The van der Waals surface area contributed by atoms with Crippen LogP contribution < -0.4 is 14.9 Å². The number of nitrogens with zero attached hydrogens (tertiary/aromatic N) is 2. The van der Waals surface area contributed by atoms with E-state index in [2.05, 4.69) is 26.5 Å². The fraction of sp³-hybridized carbons (Fsp3) is 0.0455. The third-order valence-corrected chi connectivity index (χ3v) is 4.82. The van der Waals surface area contributed by atoms with Gasteiger partial charge in [0.1, 0.15) is 11.5 Å². The van der Waals surface area contributed by atoms with Crippen molar-refractivity contribution in [1.29, 1.82) is 0 Å². The summed E-state index contributed by atoms with van der Waals surface area (Å²) in [5.41, 5.74) is 3.46. The van der Waals surface area contributed by atoms with E-state index in [0.717, 1.165) is 0 Å². The zero-order chi connectivity index (χ0) is 23.1. The van der Waals surface area contributed by atoms with Gasteiger partial charge in [0.25, 0.3) is 11.6 Å². The predicted molar refractivity (Wildman–Crippen MR) is 120 cm³/mol. The van der Waals surface area contributed by atoms with Gasteiger partial charge in [-0.3, -0.25) is 14.9 Å². The Bertz CT molecular complexity index is 1190. The summed E-state index contributed by atoms with van der Waals surface area (Å²) in [4.78, 5) is 34.7. The van der Waals surface area contributed by atoms with Crippen molar-refractivity contribution in [2.75, 3.05) is 7.11 Å². The summed E-state index contributed by atoms with van der Waals surface area (Å²) in [5.74, 6) is -0.400. The van der Waals surface area contributed by atoms with Crippen molar-refractivity contribution in [2.45, 2.75) is 0 Å². The summed E-state index contributed by atoms with van der Waals surface area (Å²) in [6.07, 6.45) is 1.43. The van der Waals surface area contributed by atoms with Crippen LogP contribution in [-0.4, -0.2) is 30.1 Å². The molecule has 0 saturated heterocycles. The molecule has 32 heavy (non-hydrogen) atoms. The summed E-state index contributed by atoms with van der Waals surface area (Å²) in [6, 6.07) is 16.7. The average Bonchev–Trinajstić information content (AvgIpc) is 2.80. The van der Waals surface area contributed by atoms with E-state index in [-0.39, 0.29) is 17.0 Å². The van der Waals surface area contributed by atoms with Gasteiger partial charge in [-0.15, -0.1) is 0 Å². The highest BCUT2D eigenvalue weighted by atomic mass is 79.9. The third kappa shape index (κ3) is 5.55. The second-order valence-corrected chi connectivity index (χ2v) is 7.14. The number of esters is 1. The van der Waals surface area contributed by atoms with Crippen molar-refractivity contribution in [3.05, 3.63) is 98.0 Å². The van der Waals surface area contributed by atoms with E-state index in [0.29, 0.717) is 21.3 Å².